The molecular formula is C22H29NO3S2. The van der Waals surface area contributed by atoms with Gasteiger partial charge in [-0.1, -0.05) is 51.3 Å². The SMILES string of the molecule is CC(C)c1ccc(S(=O)(=O)[C@H](CNC(=O)C2CCCCC2)c2cccs2)cc1. The molecule has 0 unspecified atom stereocenters. The number of carbonyl (C=O) groups excluding carboxylic acids is 1. The molecule has 6 heteroatoms. The van der Waals surface area contributed by atoms with E-state index in [-0.39, 0.29) is 18.4 Å². The first-order valence-electron chi connectivity index (χ1n) is 10.0. The first-order chi connectivity index (χ1) is 13.4. The molecule has 4 nitrogen and oxygen atoms in total. The van der Waals surface area contributed by atoms with Crippen molar-refractivity contribution in [3.63, 3.8) is 0 Å². The van der Waals surface area contributed by atoms with Crippen molar-refractivity contribution in [1.29, 1.82) is 0 Å². The van der Waals surface area contributed by atoms with Crippen LogP contribution in [0.4, 0.5) is 0 Å². The van der Waals surface area contributed by atoms with Crippen molar-refractivity contribution in [2.24, 2.45) is 5.92 Å². The highest BCUT2D eigenvalue weighted by molar-refractivity contribution is 7.91. The summed E-state index contributed by atoms with van der Waals surface area (Å²) in [5, 5.41) is 4.05. The zero-order chi connectivity index (χ0) is 20.1. The second kappa shape index (κ2) is 9.23. The van der Waals surface area contributed by atoms with E-state index in [9.17, 15) is 13.2 Å². The number of nitrogens with one attached hydrogen (secondary N) is 1. The van der Waals surface area contributed by atoms with Crippen LogP contribution in [0.3, 0.4) is 0 Å². The van der Waals surface area contributed by atoms with Crippen LogP contribution in [0.2, 0.25) is 0 Å². The van der Waals surface area contributed by atoms with Gasteiger partial charge < -0.3 is 5.32 Å². The van der Waals surface area contributed by atoms with Gasteiger partial charge in [-0.3, -0.25) is 4.79 Å². The largest absolute Gasteiger partial charge is 0.354 e. The fraction of sp³-hybridized carbons (Fsp3) is 0.500. The minimum atomic E-state index is -3.60. The smallest absolute Gasteiger partial charge is 0.223 e. The Morgan fingerprint density at radius 3 is 2.36 bits per heavy atom. The van der Waals surface area contributed by atoms with E-state index in [0.29, 0.717) is 10.8 Å². The molecule has 0 aliphatic heterocycles. The van der Waals surface area contributed by atoms with Crippen LogP contribution in [0.15, 0.2) is 46.7 Å². The van der Waals surface area contributed by atoms with Crippen LogP contribution >= 0.6 is 11.3 Å². The fourth-order valence-corrected chi connectivity index (χ4v) is 6.53. The fourth-order valence-electron chi connectivity index (χ4n) is 3.75. The zero-order valence-electron chi connectivity index (χ0n) is 16.6. The van der Waals surface area contributed by atoms with Crippen molar-refractivity contribution < 1.29 is 13.2 Å². The molecular weight excluding hydrogens is 390 g/mol. The molecule has 1 aromatic carbocycles. The lowest BCUT2D eigenvalue weighted by atomic mass is 9.89. The van der Waals surface area contributed by atoms with Gasteiger partial charge in [-0.15, -0.1) is 11.3 Å². The van der Waals surface area contributed by atoms with Gasteiger partial charge >= 0.3 is 0 Å². The third kappa shape index (κ3) is 4.84. The predicted molar refractivity (Wildman–Crippen MR) is 114 cm³/mol. The lowest BCUT2D eigenvalue weighted by Crippen LogP contribution is -2.36. The van der Waals surface area contributed by atoms with Crippen molar-refractivity contribution in [3.8, 4) is 0 Å². The van der Waals surface area contributed by atoms with Crippen LogP contribution < -0.4 is 5.32 Å². The molecule has 0 spiro atoms. The molecule has 1 aliphatic carbocycles. The van der Waals surface area contributed by atoms with Crippen molar-refractivity contribution in [2.45, 2.75) is 62.0 Å². The van der Waals surface area contributed by atoms with Gasteiger partial charge in [0.2, 0.25) is 5.91 Å². The standard InChI is InChI=1S/C22H29NO3S2/c1-16(2)17-10-12-19(13-11-17)28(25,26)21(20-9-6-14-27-20)15-23-22(24)18-7-4-3-5-8-18/h6,9-14,16,18,21H,3-5,7-8,15H2,1-2H3,(H,23,24)/t21-/m1/s1. The second-order valence-electron chi connectivity index (χ2n) is 7.85. The van der Waals surface area contributed by atoms with Gasteiger partial charge in [0.05, 0.1) is 4.90 Å². The lowest BCUT2D eigenvalue weighted by Gasteiger charge is -2.23. The third-order valence-electron chi connectivity index (χ3n) is 5.55. The molecule has 1 amide bonds. The Labute approximate surface area is 172 Å². The molecule has 1 aromatic heterocycles. The lowest BCUT2D eigenvalue weighted by molar-refractivity contribution is -0.125. The monoisotopic (exact) mass is 419 g/mol. The molecule has 0 saturated heterocycles. The van der Waals surface area contributed by atoms with Crippen molar-refractivity contribution in [2.75, 3.05) is 6.54 Å². The van der Waals surface area contributed by atoms with E-state index < -0.39 is 15.1 Å². The van der Waals surface area contributed by atoms with Crippen LogP contribution in [-0.2, 0) is 14.6 Å². The van der Waals surface area contributed by atoms with Gasteiger partial charge in [0.15, 0.2) is 9.84 Å². The maximum atomic E-state index is 13.4. The van der Waals surface area contributed by atoms with Gasteiger partial charge in [-0.05, 0) is 47.9 Å². The van der Waals surface area contributed by atoms with E-state index >= 15 is 0 Å². The molecule has 3 rings (SSSR count). The summed E-state index contributed by atoms with van der Waals surface area (Å²) in [4.78, 5) is 13.6. The maximum absolute atomic E-state index is 13.4. The molecule has 28 heavy (non-hydrogen) atoms. The molecule has 0 radical (unpaired) electrons. The van der Waals surface area contributed by atoms with E-state index in [2.05, 4.69) is 19.2 Å². The number of rotatable bonds is 7. The highest BCUT2D eigenvalue weighted by atomic mass is 32.2. The quantitative estimate of drug-likeness (QED) is 0.680. The van der Waals surface area contributed by atoms with E-state index in [4.69, 9.17) is 0 Å². The molecule has 1 fully saturated rings. The Morgan fingerprint density at radius 2 is 1.79 bits per heavy atom. The third-order valence-corrected chi connectivity index (χ3v) is 8.78. The van der Waals surface area contributed by atoms with Gasteiger partial charge in [0.1, 0.15) is 5.25 Å². The summed E-state index contributed by atoms with van der Waals surface area (Å²) in [5.74, 6) is 0.358. The summed E-state index contributed by atoms with van der Waals surface area (Å²) in [7, 11) is -3.60. The summed E-state index contributed by atoms with van der Waals surface area (Å²) in [6.45, 7) is 4.28. The number of carbonyl (C=O) groups is 1. The Balaban J connectivity index is 1.80. The van der Waals surface area contributed by atoms with Gasteiger partial charge in [0, 0.05) is 17.3 Å². The number of thiophene rings is 1. The number of sulfone groups is 1. The van der Waals surface area contributed by atoms with Gasteiger partial charge in [-0.25, -0.2) is 8.42 Å². The minimum absolute atomic E-state index is 0.00777. The molecule has 1 N–H and O–H groups in total. The number of hydrogen-bond acceptors (Lipinski definition) is 4. The number of benzene rings is 1. The first-order valence-corrected chi connectivity index (χ1v) is 12.5. The van der Waals surface area contributed by atoms with Crippen molar-refractivity contribution in [1.82, 2.24) is 5.32 Å². The summed E-state index contributed by atoms with van der Waals surface area (Å²) in [5.41, 5.74) is 1.11. The van der Waals surface area contributed by atoms with Gasteiger partial charge in [-0.2, -0.15) is 0 Å². The van der Waals surface area contributed by atoms with E-state index in [1.165, 1.54) is 17.8 Å². The highest BCUT2D eigenvalue weighted by Gasteiger charge is 2.31. The van der Waals surface area contributed by atoms with Crippen LogP contribution in [0.25, 0.3) is 0 Å². The Bertz CT molecular complexity index is 865. The Hall–Kier alpha value is -1.66. The van der Waals surface area contributed by atoms with Gasteiger partial charge in [0.25, 0.3) is 0 Å². The number of hydrogen-bond donors (Lipinski definition) is 1. The van der Waals surface area contributed by atoms with E-state index in [0.717, 1.165) is 36.1 Å². The zero-order valence-corrected chi connectivity index (χ0v) is 18.2. The Morgan fingerprint density at radius 1 is 1.11 bits per heavy atom. The average Bonchev–Trinajstić information content (AvgIpc) is 3.23. The van der Waals surface area contributed by atoms with Crippen molar-refractivity contribution >= 4 is 27.1 Å². The number of amides is 1. The van der Waals surface area contributed by atoms with Crippen molar-refractivity contribution in [3.05, 3.63) is 52.2 Å². The predicted octanol–water partition coefficient (Wildman–Crippen LogP) is 5.08. The summed E-state index contributed by atoms with van der Waals surface area (Å²) < 4.78 is 26.7. The van der Waals surface area contributed by atoms with Crippen LogP contribution in [0, 0.1) is 5.92 Å². The topological polar surface area (TPSA) is 63.2 Å². The summed E-state index contributed by atoms with van der Waals surface area (Å²) in [6, 6.07) is 10.8. The van der Waals surface area contributed by atoms with Crippen LogP contribution in [-0.4, -0.2) is 20.9 Å². The Kier molecular flexibility index (Phi) is 6.94. The maximum Gasteiger partial charge on any atom is 0.223 e. The van der Waals surface area contributed by atoms with E-state index in [1.807, 2.05) is 29.6 Å². The molecule has 1 saturated carbocycles. The van der Waals surface area contributed by atoms with Crippen LogP contribution in [0.1, 0.15) is 67.6 Å². The minimum Gasteiger partial charge on any atom is -0.354 e. The second-order valence-corrected chi connectivity index (χ2v) is 11.0. The molecule has 0 bridgehead atoms. The molecule has 1 aliphatic rings. The average molecular weight is 420 g/mol. The molecule has 1 heterocycles. The summed E-state index contributed by atoms with van der Waals surface area (Å²) >= 11 is 1.42. The van der Waals surface area contributed by atoms with Crippen LogP contribution in [0.5, 0.6) is 0 Å². The molecule has 1 atom stereocenters. The normalized spacial score (nSPS) is 16.8. The summed E-state index contributed by atoms with van der Waals surface area (Å²) in [6.07, 6.45) is 5.14. The molecule has 2 aromatic rings. The van der Waals surface area contributed by atoms with E-state index in [1.54, 1.807) is 12.1 Å². The highest BCUT2D eigenvalue weighted by Crippen LogP contribution is 2.32. The first kappa shape index (κ1) is 21.1. The molecule has 152 valence electrons.